The number of carbonyl (C=O) groups is 4. The number of carbonyl (C=O) groups excluding carboxylic acids is 4. The van der Waals surface area contributed by atoms with Crippen LogP contribution in [-0.4, -0.2) is 51.7 Å². The first kappa shape index (κ1) is 35.4. The number of hydrogen-bond acceptors (Lipinski definition) is 6. The van der Waals surface area contributed by atoms with Crippen LogP contribution < -0.4 is 14.5 Å². The highest BCUT2D eigenvalue weighted by Gasteiger charge is 2.77. The zero-order chi connectivity index (χ0) is 36.9. The van der Waals surface area contributed by atoms with Gasteiger partial charge in [-0.3, -0.25) is 19.2 Å². The Balaban J connectivity index is 1.44. The number of rotatable bonds is 6. The maximum absolute atomic E-state index is 15.3. The van der Waals surface area contributed by atoms with E-state index in [1.807, 2.05) is 0 Å². The molecule has 2 aliphatic heterocycles. The second-order valence-corrected chi connectivity index (χ2v) is 14.4. The van der Waals surface area contributed by atoms with E-state index in [0.29, 0.717) is 5.56 Å². The molecule has 3 aromatic rings. The van der Waals surface area contributed by atoms with E-state index in [9.17, 15) is 37.5 Å². The molecule has 2 heterocycles. The van der Waals surface area contributed by atoms with Crippen molar-refractivity contribution in [3.8, 4) is 5.75 Å². The van der Waals surface area contributed by atoms with Crippen LogP contribution in [0.25, 0.3) is 0 Å². The van der Waals surface area contributed by atoms with Crippen molar-refractivity contribution in [1.29, 1.82) is 0 Å². The molecule has 3 fully saturated rings. The number of imide groups is 2. The summed E-state index contributed by atoms with van der Waals surface area (Å²) >= 11 is 20.7. The highest BCUT2D eigenvalue weighted by Crippen LogP contribution is 2.66. The Bertz CT molecular complexity index is 2090. The van der Waals surface area contributed by atoms with E-state index in [2.05, 4.69) is 0 Å². The Labute approximate surface area is 301 Å². The molecule has 0 spiro atoms. The minimum atomic E-state index is -2.71. The first-order valence-corrected chi connectivity index (χ1v) is 16.7. The van der Waals surface area contributed by atoms with E-state index >= 15 is 8.78 Å². The monoisotopic (exact) mass is 768 g/mol. The van der Waals surface area contributed by atoms with Gasteiger partial charge in [0.1, 0.15) is 18.0 Å². The average Bonchev–Trinajstić information content (AvgIpc) is 3.45. The molecule has 8 nitrogen and oxygen atoms in total. The first-order chi connectivity index (χ1) is 24.1. The van der Waals surface area contributed by atoms with Crippen molar-refractivity contribution in [2.24, 2.45) is 17.8 Å². The van der Waals surface area contributed by atoms with Gasteiger partial charge >= 0.3 is 0 Å². The summed E-state index contributed by atoms with van der Waals surface area (Å²) in [5, 5.41) is 9.78. The molecular weight excluding hydrogens is 746 g/mol. The van der Waals surface area contributed by atoms with E-state index in [4.69, 9.17) is 39.5 Å². The van der Waals surface area contributed by atoms with E-state index in [1.54, 1.807) is 25.1 Å². The van der Waals surface area contributed by atoms with Gasteiger partial charge in [-0.05, 0) is 49.4 Å². The van der Waals surface area contributed by atoms with Gasteiger partial charge in [0.25, 0.3) is 11.8 Å². The minimum Gasteiger partial charge on any atom is -0.491 e. The SMILES string of the molecule is Cc1ccc(N2C(=O)C3CC=C4C(CC5(Cl)C(=O)N(c6c(F)c(F)c(F)c(F)c6F)C(=O)C5(Cl)C4c4ccccc4OCCO)C3C2=O)cc1Cl. The summed E-state index contributed by atoms with van der Waals surface area (Å²) in [5.74, 6) is -21.5. The quantitative estimate of drug-likeness (QED) is 0.0769. The maximum atomic E-state index is 15.3. The second kappa shape index (κ2) is 12.3. The molecule has 1 saturated carbocycles. The predicted molar refractivity (Wildman–Crippen MR) is 174 cm³/mol. The molecule has 0 bridgehead atoms. The molecule has 51 heavy (non-hydrogen) atoms. The molecule has 4 amide bonds. The van der Waals surface area contributed by atoms with Crippen LogP contribution in [0.5, 0.6) is 5.75 Å². The average molecular weight is 770 g/mol. The van der Waals surface area contributed by atoms with Crippen LogP contribution >= 0.6 is 34.8 Å². The molecule has 2 saturated heterocycles. The number of anilines is 2. The van der Waals surface area contributed by atoms with Gasteiger partial charge in [0.15, 0.2) is 33.0 Å². The molecule has 7 rings (SSSR count). The third-order valence-electron chi connectivity index (χ3n) is 10.2. The molecule has 6 atom stereocenters. The lowest BCUT2D eigenvalue weighted by molar-refractivity contribution is -0.125. The van der Waals surface area contributed by atoms with E-state index in [-0.39, 0.29) is 45.5 Å². The maximum Gasteiger partial charge on any atom is 0.258 e. The summed E-state index contributed by atoms with van der Waals surface area (Å²) < 4.78 is 79.3. The fourth-order valence-corrected chi connectivity index (χ4v) is 9.00. The zero-order valence-electron chi connectivity index (χ0n) is 26.2. The second-order valence-electron chi connectivity index (χ2n) is 12.7. The summed E-state index contributed by atoms with van der Waals surface area (Å²) in [6.07, 6.45) is 0.883. The number of aliphatic hydroxyl groups excluding tert-OH is 1. The molecule has 0 aromatic heterocycles. The van der Waals surface area contributed by atoms with Crippen LogP contribution in [0.15, 0.2) is 54.1 Å². The van der Waals surface area contributed by atoms with Crippen molar-refractivity contribution < 1.29 is 51.0 Å². The highest BCUT2D eigenvalue weighted by molar-refractivity contribution is 6.58. The lowest BCUT2D eigenvalue weighted by Crippen LogP contribution is -2.60. The smallest absolute Gasteiger partial charge is 0.258 e. The summed E-state index contributed by atoms with van der Waals surface area (Å²) in [6, 6.07) is 10.6. The molecule has 0 radical (unpaired) electrons. The number of hydrogen-bond donors (Lipinski definition) is 1. The normalized spacial score (nSPS) is 28.5. The number of fused-ring (bicyclic) bond motifs is 4. The van der Waals surface area contributed by atoms with Gasteiger partial charge in [-0.15, -0.1) is 23.2 Å². The number of aliphatic hydroxyl groups is 1. The topological polar surface area (TPSA) is 104 Å². The fraction of sp³-hybridized carbons (Fsp3) is 0.314. The molecule has 2 aliphatic carbocycles. The molecule has 4 aliphatic rings. The van der Waals surface area contributed by atoms with Gasteiger partial charge in [-0.2, -0.15) is 0 Å². The summed E-state index contributed by atoms with van der Waals surface area (Å²) in [6.45, 7) is 1.04. The molecule has 16 heteroatoms. The molecular formula is C35H24Cl3F5N2O6. The third kappa shape index (κ3) is 4.73. The molecule has 1 N–H and O–H groups in total. The minimum absolute atomic E-state index is 0.0407. The van der Waals surface area contributed by atoms with Crippen molar-refractivity contribution >= 4 is 69.8 Å². The Morgan fingerprint density at radius 2 is 1.51 bits per heavy atom. The Morgan fingerprint density at radius 1 is 0.863 bits per heavy atom. The lowest BCUT2D eigenvalue weighted by Gasteiger charge is -2.50. The van der Waals surface area contributed by atoms with Crippen molar-refractivity contribution in [3.63, 3.8) is 0 Å². The number of para-hydroxylation sites is 1. The number of benzene rings is 3. The van der Waals surface area contributed by atoms with E-state index in [0.717, 1.165) is 4.90 Å². The van der Waals surface area contributed by atoms with Gasteiger partial charge in [-0.25, -0.2) is 31.8 Å². The summed E-state index contributed by atoms with van der Waals surface area (Å²) in [5.41, 5.74) is -0.650. The van der Waals surface area contributed by atoms with Gasteiger partial charge < -0.3 is 9.84 Å². The number of alkyl halides is 2. The van der Waals surface area contributed by atoms with Crippen LogP contribution in [0.3, 0.4) is 0 Å². The van der Waals surface area contributed by atoms with Gasteiger partial charge in [0.2, 0.25) is 17.6 Å². The standard InChI is InChI=1S/C35H24Cl3F5N2O6/c1-14-6-7-15(12-20(14)36)44-30(47)18-9-8-16-19(22(18)31(44)48)13-34(37)32(49)45(29-27(42)25(40)24(39)26(41)28(29)43)33(50)35(34,38)23(16)17-4-2-3-5-21(17)51-11-10-46/h2-8,12,18-19,22-23,46H,9-11,13H2,1H3. The number of ether oxygens (including phenoxy) is 1. The van der Waals surface area contributed by atoms with Gasteiger partial charge in [-0.1, -0.05) is 47.5 Å². The fourth-order valence-electron chi connectivity index (χ4n) is 7.89. The Hall–Kier alpha value is -4.04. The first-order valence-electron chi connectivity index (χ1n) is 15.6. The van der Waals surface area contributed by atoms with Crippen molar-refractivity contribution in [3.05, 3.63) is 99.3 Å². The molecule has 3 aromatic carbocycles. The van der Waals surface area contributed by atoms with Crippen LogP contribution in [-0.2, 0) is 19.2 Å². The Morgan fingerprint density at radius 3 is 2.16 bits per heavy atom. The van der Waals surface area contributed by atoms with Crippen LogP contribution in [0, 0.1) is 53.8 Å². The molecule has 6 unspecified atom stereocenters. The molecule has 266 valence electrons. The largest absolute Gasteiger partial charge is 0.491 e. The van der Waals surface area contributed by atoms with E-state index < -0.39 is 105 Å². The Kier molecular flexibility index (Phi) is 8.52. The van der Waals surface area contributed by atoms with Crippen LogP contribution in [0.2, 0.25) is 5.02 Å². The summed E-state index contributed by atoms with van der Waals surface area (Å²) in [7, 11) is 0. The highest BCUT2D eigenvalue weighted by atomic mass is 35.5. The van der Waals surface area contributed by atoms with Crippen LogP contribution in [0.4, 0.5) is 33.3 Å². The lowest BCUT2D eigenvalue weighted by atomic mass is 9.56. The number of allylic oxidation sites excluding steroid dienone is 2. The van der Waals surface area contributed by atoms with Crippen LogP contribution in [0.1, 0.15) is 29.9 Å². The van der Waals surface area contributed by atoms with Crippen molar-refractivity contribution in [2.75, 3.05) is 23.0 Å². The third-order valence-corrected chi connectivity index (χ3v) is 12.0. The zero-order valence-corrected chi connectivity index (χ0v) is 28.4. The van der Waals surface area contributed by atoms with Crippen molar-refractivity contribution in [1.82, 2.24) is 0 Å². The van der Waals surface area contributed by atoms with Crippen molar-refractivity contribution in [2.45, 2.75) is 35.4 Å². The number of amides is 4. The number of nitrogens with zero attached hydrogens (tertiary/aromatic N) is 2. The van der Waals surface area contributed by atoms with Gasteiger partial charge in [0, 0.05) is 16.5 Å². The van der Waals surface area contributed by atoms with E-state index in [1.165, 1.54) is 30.3 Å². The predicted octanol–water partition coefficient (Wildman–Crippen LogP) is 6.48. The number of halogens is 8. The number of aryl methyl sites for hydroxylation is 1. The summed E-state index contributed by atoms with van der Waals surface area (Å²) in [4.78, 5) is 52.3. The van der Waals surface area contributed by atoms with Gasteiger partial charge in [0.05, 0.1) is 24.1 Å².